The van der Waals surface area contributed by atoms with E-state index in [1.165, 1.54) is 0 Å². The first kappa shape index (κ1) is 14.8. The van der Waals surface area contributed by atoms with E-state index in [2.05, 4.69) is 10.3 Å². The van der Waals surface area contributed by atoms with E-state index < -0.39 is 0 Å². The van der Waals surface area contributed by atoms with Crippen LogP contribution in [0.1, 0.15) is 28.4 Å². The number of carbonyl (C=O) groups is 1. The molecule has 0 radical (unpaired) electrons. The van der Waals surface area contributed by atoms with Crippen LogP contribution in [0.2, 0.25) is 0 Å². The second kappa shape index (κ2) is 6.74. The smallest absolute Gasteiger partial charge is 0.255 e. The first-order valence-corrected chi connectivity index (χ1v) is 6.82. The summed E-state index contributed by atoms with van der Waals surface area (Å²) in [6, 6.07) is 7.07. The number of pyridine rings is 1. The van der Waals surface area contributed by atoms with Gasteiger partial charge in [0.1, 0.15) is 0 Å². The van der Waals surface area contributed by atoms with E-state index in [9.17, 15) is 4.79 Å². The van der Waals surface area contributed by atoms with Crippen molar-refractivity contribution in [1.29, 1.82) is 0 Å². The number of rotatable bonds is 5. The van der Waals surface area contributed by atoms with Crippen LogP contribution >= 0.6 is 0 Å². The fraction of sp³-hybridized carbons (Fsp3) is 0.250. The molecule has 0 unspecified atom stereocenters. The molecule has 0 atom stereocenters. The van der Waals surface area contributed by atoms with Crippen LogP contribution in [0.15, 0.2) is 36.7 Å². The molecule has 1 amide bonds. The largest absolute Gasteiger partial charge is 0.491 e. The van der Waals surface area contributed by atoms with Crippen molar-refractivity contribution in [2.24, 2.45) is 0 Å². The van der Waals surface area contributed by atoms with Crippen molar-refractivity contribution < 1.29 is 9.53 Å². The molecule has 3 N–H and O–H groups in total. The number of hydrogen-bond donors (Lipinski definition) is 2. The van der Waals surface area contributed by atoms with Gasteiger partial charge in [-0.15, -0.1) is 0 Å². The highest BCUT2D eigenvalue weighted by Gasteiger charge is 2.14. The van der Waals surface area contributed by atoms with Crippen LogP contribution in [0.3, 0.4) is 0 Å². The van der Waals surface area contributed by atoms with E-state index >= 15 is 0 Å². The van der Waals surface area contributed by atoms with E-state index in [0.29, 0.717) is 30.2 Å². The van der Waals surface area contributed by atoms with Gasteiger partial charge in [0.2, 0.25) is 0 Å². The number of nitrogens with zero attached hydrogens (tertiary/aromatic N) is 1. The molecule has 0 aliphatic rings. The molecule has 2 rings (SSSR count). The number of benzene rings is 1. The van der Waals surface area contributed by atoms with Gasteiger partial charge in [-0.25, -0.2) is 0 Å². The Kier molecular flexibility index (Phi) is 4.77. The molecule has 0 spiro atoms. The molecule has 0 aliphatic heterocycles. The molecular formula is C16H19N3O2. The Labute approximate surface area is 124 Å². The number of hydrogen-bond acceptors (Lipinski definition) is 4. The zero-order valence-electron chi connectivity index (χ0n) is 12.2. The van der Waals surface area contributed by atoms with Gasteiger partial charge in [0, 0.05) is 18.9 Å². The summed E-state index contributed by atoms with van der Waals surface area (Å²) in [7, 11) is 0. The number of carbonyl (C=O) groups excluding carboxylic acids is 1. The highest BCUT2D eigenvalue weighted by Crippen LogP contribution is 2.26. The molecule has 5 nitrogen and oxygen atoms in total. The summed E-state index contributed by atoms with van der Waals surface area (Å²) in [6.07, 6.45) is 3.48. The second-order valence-corrected chi connectivity index (χ2v) is 4.64. The minimum absolute atomic E-state index is 0.214. The zero-order chi connectivity index (χ0) is 15.2. The lowest BCUT2D eigenvalue weighted by atomic mass is 10.1. The minimum Gasteiger partial charge on any atom is -0.491 e. The highest BCUT2D eigenvalue weighted by molar-refractivity contribution is 5.98. The average molecular weight is 285 g/mol. The van der Waals surface area contributed by atoms with Crippen molar-refractivity contribution in [3.63, 3.8) is 0 Å². The van der Waals surface area contributed by atoms with Gasteiger partial charge in [-0.05, 0) is 43.2 Å². The summed E-state index contributed by atoms with van der Waals surface area (Å²) in [4.78, 5) is 16.4. The van der Waals surface area contributed by atoms with Gasteiger partial charge in [-0.2, -0.15) is 0 Å². The third-order valence-corrected chi connectivity index (χ3v) is 3.17. The Balaban J connectivity index is 2.14. The number of nitrogens with one attached hydrogen (secondary N) is 1. The Bertz CT molecular complexity index is 641. The van der Waals surface area contributed by atoms with Gasteiger partial charge in [-0.1, -0.05) is 6.07 Å². The lowest BCUT2D eigenvalue weighted by Gasteiger charge is -2.13. The maximum atomic E-state index is 12.3. The van der Waals surface area contributed by atoms with E-state index in [-0.39, 0.29) is 5.91 Å². The number of para-hydroxylation sites is 1. The Morgan fingerprint density at radius 1 is 1.38 bits per heavy atom. The van der Waals surface area contributed by atoms with Crippen LogP contribution in [0.5, 0.6) is 5.75 Å². The van der Waals surface area contributed by atoms with Crippen LogP contribution in [-0.4, -0.2) is 17.5 Å². The van der Waals surface area contributed by atoms with Crippen molar-refractivity contribution in [2.75, 3.05) is 12.3 Å². The average Bonchev–Trinajstić information content (AvgIpc) is 2.48. The van der Waals surface area contributed by atoms with Crippen LogP contribution in [0.25, 0.3) is 0 Å². The number of nitrogen functional groups attached to an aromatic ring is 1. The molecule has 1 aromatic heterocycles. The van der Waals surface area contributed by atoms with Gasteiger partial charge < -0.3 is 15.8 Å². The van der Waals surface area contributed by atoms with Gasteiger partial charge in [-0.3, -0.25) is 9.78 Å². The lowest BCUT2D eigenvalue weighted by molar-refractivity contribution is 0.0947. The predicted octanol–water partition coefficient (Wildman–Crippen LogP) is 2.30. The number of nitrogens with two attached hydrogens (primary N) is 1. The molecule has 0 saturated carbocycles. The summed E-state index contributed by atoms with van der Waals surface area (Å²) in [6.45, 7) is 4.71. The number of aryl methyl sites for hydroxylation is 1. The van der Waals surface area contributed by atoms with E-state index in [1.54, 1.807) is 30.6 Å². The van der Waals surface area contributed by atoms with Crippen molar-refractivity contribution in [2.45, 2.75) is 20.4 Å². The van der Waals surface area contributed by atoms with Gasteiger partial charge in [0.15, 0.2) is 5.75 Å². The van der Waals surface area contributed by atoms with Gasteiger partial charge in [0.05, 0.1) is 17.9 Å². The van der Waals surface area contributed by atoms with Gasteiger partial charge >= 0.3 is 0 Å². The lowest BCUT2D eigenvalue weighted by Crippen LogP contribution is -2.24. The first-order valence-electron chi connectivity index (χ1n) is 6.82. The highest BCUT2D eigenvalue weighted by atomic mass is 16.5. The molecule has 0 saturated heterocycles. The number of anilines is 1. The molecule has 21 heavy (non-hydrogen) atoms. The summed E-state index contributed by atoms with van der Waals surface area (Å²) in [5.74, 6) is 0.217. The first-order chi connectivity index (χ1) is 10.1. The summed E-state index contributed by atoms with van der Waals surface area (Å²) in [5.41, 5.74) is 8.83. The minimum atomic E-state index is -0.214. The van der Waals surface area contributed by atoms with E-state index in [4.69, 9.17) is 10.5 Å². The molecular weight excluding hydrogens is 266 g/mol. The van der Waals surface area contributed by atoms with Crippen LogP contribution in [-0.2, 0) is 6.54 Å². The van der Waals surface area contributed by atoms with Crippen LogP contribution < -0.4 is 15.8 Å². The fourth-order valence-electron chi connectivity index (χ4n) is 1.99. The van der Waals surface area contributed by atoms with E-state index in [0.717, 1.165) is 11.1 Å². The molecule has 1 aromatic carbocycles. The monoisotopic (exact) mass is 285 g/mol. The third-order valence-electron chi connectivity index (χ3n) is 3.17. The fourth-order valence-corrected chi connectivity index (χ4v) is 1.99. The van der Waals surface area contributed by atoms with Crippen molar-refractivity contribution in [3.05, 3.63) is 53.3 Å². The predicted molar refractivity (Wildman–Crippen MR) is 82.2 cm³/mol. The second-order valence-electron chi connectivity index (χ2n) is 4.64. The quantitative estimate of drug-likeness (QED) is 0.826. The SMILES string of the molecule is CCOc1c(N)cccc1C(=O)NCc1cnccc1C. The maximum Gasteiger partial charge on any atom is 0.255 e. The van der Waals surface area contributed by atoms with Crippen LogP contribution in [0, 0.1) is 6.92 Å². The third kappa shape index (κ3) is 3.51. The summed E-state index contributed by atoms with van der Waals surface area (Å²) >= 11 is 0. The van der Waals surface area contributed by atoms with Crippen molar-refractivity contribution >= 4 is 11.6 Å². The maximum absolute atomic E-state index is 12.3. The number of ether oxygens (including phenoxy) is 1. The molecule has 2 aromatic rings. The Morgan fingerprint density at radius 3 is 2.90 bits per heavy atom. The molecule has 0 fully saturated rings. The molecule has 110 valence electrons. The molecule has 0 aliphatic carbocycles. The van der Waals surface area contributed by atoms with Gasteiger partial charge in [0.25, 0.3) is 5.91 Å². The van der Waals surface area contributed by atoms with Crippen molar-refractivity contribution in [3.8, 4) is 5.75 Å². The molecule has 5 heteroatoms. The normalized spacial score (nSPS) is 10.2. The van der Waals surface area contributed by atoms with Crippen molar-refractivity contribution in [1.82, 2.24) is 10.3 Å². The van der Waals surface area contributed by atoms with E-state index in [1.807, 2.05) is 19.9 Å². The summed E-state index contributed by atoms with van der Waals surface area (Å²) in [5, 5.41) is 2.87. The topological polar surface area (TPSA) is 77.2 Å². The number of amides is 1. The Hall–Kier alpha value is -2.56. The standard InChI is InChI=1S/C16H19N3O2/c1-3-21-15-13(5-4-6-14(15)17)16(20)19-10-12-9-18-8-7-11(12)2/h4-9H,3,10,17H2,1-2H3,(H,19,20). The zero-order valence-corrected chi connectivity index (χ0v) is 12.2. The van der Waals surface area contributed by atoms with Crippen LogP contribution in [0.4, 0.5) is 5.69 Å². The molecule has 1 heterocycles. The summed E-state index contributed by atoms with van der Waals surface area (Å²) < 4.78 is 5.47. The molecule has 0 bridgehead atoms. The Morgan fingerprint density at radius 2 is 2.19 bits per heavy atom. The number of aromatic nitrogens is 1.